The first-order chi connectivity index (χ1) is 9.75. The van der Waals surface area contributed by atoms with Gasteiger partial charge in [-0.2, -0.15) is 0 Å². The first-order valence-electron chi connectivity index (χ1n) is 6.61. The summed E-state index contributed by atoms with van der Waals surface area (Å²) in [5.41, 5.74) is 3.80. The lowest BCUT2D eigenvalue weighted by Crippen LogP contribution is -2.25. The Labute approximate surface area is 118 Å². The number of pyridine rings is 1. The number of hydrogen-bond acceptors (Lipinski definition) is 3. The first kappa shape index (κ1) is 12.5. The van der Waals surface area contributed by atoms with Crippen LogP contribution in [0.15, 0.2) is 66.6 Å². The maximum Gasteiger partial charge on any atom is 0.139 e. The van der Waals surface area contributed by atoms with Crippen molar-refractivity contribution in [3.63, 3.8) is 0 Å². The number of benzene rings is 1. The summed E-state index contributed by atoms with van der Waals surface area (Å²) >= 11 is 0. The Morgan fingerprint density at radius 3 is 2.70 bits per heavy atom. The average molecular weight is 264 g/mol. The monoisotopic (exact) mass is 264 g/mol. The molecule has 0 radical (unpaired) electrons. The summed E-state index contributed by atoms with van der Waals surface area (Å²) in [6.45, 7) is 2.69. The van der Waals surface area contributed by atoms with Gasteiger partial charge in [0.2, 0.25) is 0 Å². The van der Waals surface area contributed by atoms with Gasteiger partial charge in [0.05, 0.1) is 5.70 Å². The van der Waals surface area contributed by atoms with E-state index in [1.54, 1.807) is 12.3 Å². The van der Waals surface area contributed by atoms with E-state index in [1.807, 2.05) is 55.5 Å². The van der Waals surface area contributed by atoms with E-state index in [0.29, 0.717) is 0 Å². The fraction of sp³-hybridized carbons (Fsp3) is 0.118. The Morgan fingerprint density at radius 2 is 1.95 bits per heavy atom. The summed E-state index contributed by atoms with van der Waals surface area (Å²) in [7, 11) is 0. The second kappa shape index (κ2) is 5.21. The van der Waals surface area contributed by atoms with Crippen LogP contribution in [0.4, 0.5) is 5.69 Å². The molecular formula is C17H16N2O. The van der Waals surface area contributed by atoms with Crippen molar-refractivity contribution in [3.8, 4) is 0 Å². The Hall–Kier alpha value is -2.55. The van der Waals surface area contributed by atoms with Gasteiger partial charge in [0, 0.05) is 29.7 Å². The molecule has 0 spiro atoms. The van der Waals surface area contributed by atoms with Gasteiger partial charge in [-0.3, -0.25) is 4.98 Å². The van der Waals surface area contributed by atoms with Gasteiger partial charge < -0.3 is 10.0 Å². The summed E-state index contributed by atoms with van der Waals surface area (Å²) in [6, 6.07) is 14.0. The van der Waals surface area contributed by atoms with Crippen LogP contribution in [0.3, 0.4) is 0 Å². The van der Waals surface area contributed by atoms with E-state index in [2.05, 4.69) is 9.88 Å². The Bertz CT molecular complexity index is 674. The van der Waals surface area contributed by atoms with E-state index in [-0.39, 0.29) is 5.76 Å². The molecule has 1 aromatic carbocycles. The molecule has 1 aliphatic rings. The van der Waals surface area contributed by atoms with Crippen molar-refractivity contribution in [1.82, 2.24) is 4.98 Å². The van der Waals surface area contributed by atoms with Crippen LogP contribution in [0.25, 0.3) is 5.70 Å². The Kier molecular flexibility index (Phi) is 3.25. The van der Waals surface area contributed by atoms with E-state index < -0.39 is 0 Å². The first-order valence-corrected chi connectivity index (χ1v) is 6.61. The molecule has 1 aromatic heterocycles. The second-order valence-corrected chi connectivity index (χ2v) is 4.77. The maximum absolute atomic E-state index is 10.3. The molecule has 1 N–H and O–H groups in total. The van der Waals surface area contributed by atoms with Crippen LogP contribution in [0.5, 0.6) is 0 Å². The van der Waals surface area contributed by atoms with E-state index in [0.717, 1.165) is 29.2 Å². The number of hydrogen-bond donors (Lipinski definition) is 1. The molecule has 100 valence electrons. The average Bonchev–Trinajstić information content (AvgIpc) is 2.48. The van der Waals surface area contributed by atoms with E-state index >= 15 is 0 Å². The molecule has 1 aliphatic heterocycles. The molecule has 0 aliphatic carbocycles. The number of rotatable bonds is 2. The van der Waals surface area contributed by atoms with Crippen molar-refractivity contribution in [3.05, 3.63) is 77.8 Å². The smallest absolute Gasteiger partial charge is 0.139 e. The van der Waals surface area contributed by atoms with E-state index in [9.17, 15) is 5.11 Å². The third kappa shape index (κ3) is 2.30. The highest BCUT2D eigenvalue weighted by atomic mass is 16.3. The standard InChI is InChI=1S/C17H16N2O/c1-13-12-14(9-10-18-13)17-16(20)8-5-11-19(17)15-6-3-2-4-7-15/h2-10,12,20H,11H2,1H3. The summed E-state index contributed by atoms with van der Waals surface area (Å²) in [4.78, 5) is 6.32. The number of anilines is 1. The number of allylic oxidation sites excluding steroid dienone is 1. The molecular weight excluding hydrogens is 248 g/mol. The molecule has 3 heteroatoms. The van der Waals surface area contributed by atoms with Gasteiger partial charge in [0.25, 0.3) is 0 Å². The van der Waals surface area contributed by atoms with Crippen molar-refractivity contribution < 1.29 is 5.11 Å². The number of para-hydroxylation sites is 1. The van der Waals surface area contributed by atoms with Crippen molar-refractivity contribution in [2.75, 3.05) is 11.4 Å². The summed E-state index contributed by atoms with van der Waals surface area (Å²) < 4.78 is 0. The van der Waals surface area contributed by atoms with Crippen molar-refractivity contribution >= 4 is 11.4 Å². The zero-order valence-electron chi connectivity index (χ0n) is 11.3. The minimum Gasteiger partial charge on any atom is -0.506 e. The van der Waals surface area contributed by atoms with E-state index in [4.69, 9.17) is 0 Å². The number of nitrogens with zero attached hydrogens (tertiary/aromatic N) is 2. The van der Waals surface area contributed by atoms with Crippen LogP contribution < -0.4 is 4.90 Å². The van der Waals surface area contributed by atoms with Gasteiger partial charge in [0.1, 0.15) is 5.76 Å². The van der Waals surface area contributed by atoms with Crippen molar-refractivity contribution in [2.24, 2.45) is 0 Å². The molecule has 2 aromatic rings. The molecule has 0 amide bonds. The van der Waals surface area contributed by atoms with Gasteiger partial charge in [-0.05, 0) is 37.3 Å². The summed E-state index contributed by atoms with van der Waals surface area (Å²) in [5, 5.41) is 10.3. The molecule has 0 atom stereocenters. The molecule has 0 unspecified atom stereocenters. The lowest BCUT2D eigenvalue weighted by molar-refractivity contribution is 0.431. The Morgan fingerprint density at radius 1 is 1.15 bits per heavy atom. The van der Waals surface area contributed by atoms with Gasteiger partial charge in [-0.15, -0.1) is 0 Å². The van der Waals surface area contributed by atoms with Crippen LogP contribution in [0.2, 0.25) is 0 Å². The van der Waals surface area contributed by atoms with Crippen LogP contribution in [0.1, 0.15) is 11.3 Å². The fourth-order valence-corrected chi connectivity index (χ4v) is 2.42. The van der Waals surface area contributed by atoms with Gasteiger partial charge in [-0.1, -0.05) is 24.3 Å². The quantitative estimate of drug-likeness (QED) is 0.898. The largest absolute Gasteiger partial charge is 0.506 e. The normalized spacial score (nSPS) is 14.8. The third-order valence-corrected chi connectivity index (χ3v) is 3.31. The Balaban J connectivity index is 2.10. The SMILES string of the molecule is Cc1cc(C2=C(O)C=CCN2c2ccccc2)ccn1. The molecule has 0 saturated heterocycles. The van der Waals surface area contributed by atoms with Crippen LogP contribution in [-0.4, -0.2) is 16.6 Å². The maximum atomic E-state index is 10.3. The number of aromatic nitrogens is 1. The molecule has 0 bridgehead atoms. The minimum atomic E-state index is 0.283. The van der Waals surface area contributed by atoms with Crippen LogP contribution in [0, 0.1) is 6.92 Å². The molecule has 0 fully saturated rings. The molecule has 3 rings (SSSR count). The molecule has 3 nitrogen and oxygen atoms in total. The lowest BCUT2D eigenvalue weighted by atomic mass is 10.1. The van der Waals surface area contributed by atoms with Gasteiger partial charge in [0.15, 0.2) is 0 Å². The predicted octanol–water partition coefficient (Wildman–Crippen LogP) is 3.69. The fourth-order valence-electron chi connectivity index (χ4n) is 2.42. The van der Waals surface area contributed by atoms with E-state index in [1.165, 1.54) is 0 Å². The second-order valence-electron chi connectivity index (χ2n) is 4.77. The highest BCUT2D eigenvalue weighted by Gasteiger charge is 2.19. The summed E-state index contributed by atoms with van der Waals surface area (Å²) in [6.07, 6.45) is 5.48. The number of aliphatic hydroxyl groups excluding tert-OH is 1. The zero-order chi connectivity index (χ0) is 13.9. The predicted molar refractivity (Wildman–Crippen MR) is 81.5 cm³/mol. The number of aryl methyl sites for hydroxylation is 1. The molecule has 2 heterocycles. The van der Waals surface area contributed by atoms with Gasteiger partial charge in [-0.25, -0.2) is 0 Å². The topological polar surface area (TPSA) is 36.4 Å². The molecule has 20 heavy (non-hydrogen) atoms. The van der Waals surface area contributed by atoms with Crippen LogP contribution >= 0.6 is 0 Å². The highest BCUT2D eigenvalue weighted by molar-refractivity contribution is 5.83. The van der Waals surface area contributed by atoms with Crippen LogP contribution in [-0.2, 0) is 0 Å². The van der Waals surface area contributed by atoms with Crippen molar-refractivity contribution in [2.45, 2.75) is 6.92 Å². The third-order valence-electron chi connectivity index (χ3n) is 3.31. The highest BCUT2D eigenvalue weighted by Crippen LogP contribution is 2.30. The zero-order valence-corrected chi connectivity index (χ0v) is 11.3. The lowest BCUT2D eigenvalue weighted by Gasteiger charge is -2.29. The minimum absolute atomic E-state index is 0.283. The molecule has 0 saturated carbocycles. The number of aliphatic hydroxyl groups is 1. The van der Waals surface area contributed by atoms with Gasteiger partial charge >= 0.3 is 0 Å². The van der Waals surface area contributed by atoms with Crippen molar-refractivity contribution in [1.29, 1.82) is 0 Å². The summed E-state index contributed by atoms with van der Waals surface area (Å²) in [5.74, 6) is 0.283.